The molecule has 3 rings (SSSR count). The van der Waals surface area contributed by atoms with E-state index in [-0.39, 0.29) is 5.69 Å². The average molecular weight is 571 g/mol. The Morgan fingerprint density at radius 1 is 1.11 bits per heavy atom. The predicted molar refractivity (Wildman–Crippen MR) is 131 cm³/mol. The number of nitrogens with one attached hydrogen (secondary N) is 2. The number of hydrogen-bond acceptors (Lipinski definition) is 6. The van der Waals surface area contributed by atoms with Crippen LogP contribution in [0.4, 0.5) is 23.7 Å². The van der Waals surface area contributed by atoms with Crippen molar-refractivity contribution < 1.29 is 32.2 Å². The molecule has 2 atom stereocenters. The Morgan fingerprint density at radius 2 is 1.81 bits per heavy atom. The van der Waals surface area contributed by atoms with Gasteiger partial charge in [-0.1, -0.05) is 12.1 Å². The maximum Gasteiger partial charge on any atom is 0.424 e. The van der Waals surface area contributed by atoms with Crippen LogP contribution in [-0.2, 0) is 15.0 Å². The topological polar surface area (TPSA) is 102 Å². The highest BCUT2D eigenvalue weighted by Gasteiger charge is 2.60. The van der Waals surface area contributed by atoms with Crippen molar-refractivity contribution in [3.8, 4) is 0 Å². The maximum absolute atomic E-state index is 14.0. The van der Waals surface area contributed by atoms with Crippen LogP contribution in [-0.4, -0.2) is 46.8 Å². The molecule has 0 bridgehead atoms. The second-order valence-corrected chi connectivity index (χ2v) is 10.5. The Balaban J connectivity index is 1.93. The number of alkyl halides is 3. The van der Waals surface area contributed by atoms with E-state index >= 15 is 0 Å². The first-order valence-corrected chi connectivity index (χ1v) is 11.7. The molecule has 0 aliphatic carbocycles. The van der Waals surface area contributed by atoms with Crippen LogP contribution in [0.25, 0.3) is 0 Å². The van der Waals surface area contributed by atoms with Crippen molar-refractivity contribution in [1.82, 2.24) is 10.3 Å². The summed E-state index contributed by atoms with van der Waals surface area (Å²) in [5.74, 6) is -1.20. The standard InChI is InChI=1S/C24H26BrF3N4O4/c1-21(2,3)36-20(34)31-19-23(5,24(26,27)28)35-13-22(4,32-19)14-7-6-8-16(11-14)30-18(33)17-10-9-15(25)12-29-17/h6-12H,13H2,1-5H3,(H,30,33)(H,31,32,34). The highest BCUT2D eigenvalue weighted by molar-refractivity contribution is 9.10. The second kappa shape index (κ2) is 9.81. The highest BCUT2D eigenvalue weighted by atomic mass is 79.9. The first kappa shape index (κ1) is 27.6. The summed E-state index contributed by atoms with van der Waals surface area (Å²) in [6, 6.07) is 9.67. The van der Waals surface area contributed by atoms with Crippen molar-refractivity contribution >= 4 is 39.5 Å². The Hall–Kier alpha value is -2.99. The summed E-state index contributed by atoms with van der Waals surface area (Å²) in [4.78, 5) is 33.2. The number of alkyl carbamates (subject to hydrolysis) is 1. The van der Waals surface area contributed by atoms with Crippen molar-refractivity contribution in [3.63, 3.8) is 0 Å². The fraction of sp³-hybridized carbons (Fsp3) is 0.417. The number of benzene rings is 1. The van der Waals surface area contributed by atoms with Crippen LogP contribution in [0.2, 0.25) is 0 Å². The van der Waals surface area contributed by atoms with Crippen molar-refractivity contribution in [1.29, 1.82) is 0 Å². The molecule has 2 unspecified atom stereocenters. The van der Waals surface area contributed by atoms with E-state index in [2.05, 4.69) is 36.5 Å². The molecule has 2 N–H and O–H groups in total. The number of carbonyl (C=O) groups excluding carboxylic acids is 2. The average Bonchev–Trinajstić information content (AvgIpc) is 2.75. The molecule has 0 saturated heterocycles. The molecule has 0 fully saturated rings. The van der Waals surface area contributed by atoms with Crippen LogP contribution in [0, 0.1) is 0 Å². The number of nitrogens with zero attached hydrogens (tertiary/aromatic N) is 2. The Bertz CT molecular complexity index is 1180. The molecule has 12 heteroatoms. The van der Waals surface area contributed by atoms with Gasteiger partial charge >= 0.3 is 12.3 Å². The van der Waals surface area contributed by atoms with E-state index in [0.717, 1.165) is 6.92 Å². The Kier molecular flexibility index (Phi) is 7.52. The van der Waals surface area contributed by atoms with Gasteiger partial charge in [0.1, 0.15) is 22.7 Å². The third-order valence-corrected chi connectivity index (χ3v) is 5.78. The summed E-state index contributed by atoms with van der Waals surface area (Å²) >= 11 is 3.25. The summed E-state index contributed by atoms with van der Waals surface area (Å²) in [6.45, 7) is 6.68. The number of amides is 2. The molecule has 1 aromatic heterocycles. The largest absolute Gasteiger partial charge is 0.444 e. The first-order valence-electron chi connectivity index (χ1n) is 10.9. The molecule has 1 aliphatic rings. The van der Waals surface area contributed by atoms with Crippen LogP contribution in [0.1, 0.15) is 50.7 Å². The van der Waals surface area contributed by atoms with Crippen LogP contribution in [0.5, 0.6) is 0 Å². The summed E-state index contributed by atoms with van der Waals surface area (Å²) < 4.78 is 53.0. The number of hydrogen-bond donors (Lipinski definition) is 2. The van der Waals surface area contributed by atoms with Crippen molar-refractivity contribution in [2.45, 2.75) is 57.5 Å². The first-order chi connectivity index (χ1) is 16.5. The maximum atomic E-state index is 14.0. The molecular weight excluding hydrogens is 545 g/mol. The zero-order chi connectivity index (χ0) is 26.9. The smallest absolute Gasteiger partial charge is 0.424 e. The van der Waals surface area contributed by atoms with Crippen LogP contribution in [0.15, 0.2) is 52.1 Å². The highest BCUT2D eigenvalue weighted by Crippen LogP contribution is 2.41. The molecule has 194 valence electrons. The van der Waals surface area contributed by atoms with Crippen LogP contribution < -0.4 is 10.6 Å². The van der Waals surface area contributed by atoms with Crippen molar-refractivity contribution in [2.75, 3.05) is 11.9 Å². The zero-order valence-corrected chi connectivity index (χ0v) is 21.9. The lowest BCUT2D eigenvalue weighted by Crippen LogP contribution is -2.62. The summed E-state index contributed by atoms with van der Waals surface area (Å²) in [5, 5.41) is 4.84. The Labute approximate surface area is 214 Å². The fourth-order valence-corrected chi connectivity index (χ4v) is 3.52. The van der Waals surface area contributed by atoms with Gasteiger partial charge in [-0.2, -0.15) is 13.2 Å². The summed E-state index contributed by atoms with van der Waals surface area (Å²) in [6.07, 6.45) is -4.47. The normalized spacial score (nSPS) is 22.4. The molecule has 1 aromatic carbocycles. The molecule has 1 aliphatic heterocycles. The minimum atomic E-state index is -4.87. The third-order valence-electron chi connectivity index (χ3n) is 5.31. The van der Waals surface area contributed by atoms with Crippen LogP contribution in [0.3, 0.4) is 0 Å². The number of ether oxygens (including phenoxy) is 2. The minimum absolute atomic E-state index is 0.179. The van der Waals surface area contributed by atoms with E-state index in [1.54, 1.807) is 58.0 Å². The summed E-state index contributed by atoms with van der Waals surface area (Å²) in [7, 11) is 0. The molecule has 2 aromatic rings. The van der Waals surface area contributed by atoms with Gasteiger partial charge in [-0.25, -0.2) is 9.78 Å². The number of amidine groups is 1. The van der Waals surface area contributed by atoms with Crippen molar-refractivity contribution in [3.05, 3.63) is 58.3 Å². The molecule has 2 heterocycles. The second-order valence-electron chi connectivity index (χ2n) is 9.58. The quantitative estimate of drug-likeness (QED) is 0.501. The Morgan fingerprint density at radius 3 is 2.39 bits per heavy atom. The SMILES string of the molecule is CC(C)(C)OC(=O)NC1=NC(C)(c2cccc(NC(=O)c3ccc(Br)cn3)c2)COC1(C)C(F)(F)F. The number of carbonyl (C=O) groups is 2. The number of aliphatic imine (C=N–C) groups is 1. The molecular formula is C24H26BrF3N4O4. The van der Waals surface area contributed by atoms with Gasteiger partial charge in [-0.3, -0.25) is 15.1 Å². The summed E-state index contributed by atoms with van der Waals surface area (Å²) in [5.41, 5.74) is -4.09. The van der Waals surface area contributed by atoms with E-state index in [1.807, 2.05) is 0 Å². The monoisotopic (exact) mass is 570 g/mol. The van der Waals surface area contributed by atoms with Gasteiger partial charge in [0, 0.05) is 16.4 Å². The number of anilines is 1. The van der Waals surface area contributed by atoms with E-state index < -0.39 is 47.4 Å². The van der Waals surface area contributed by atoms with Gasteiger partial charge in [-0.05, 0) is 80.4 Å². The molecule has 0 spiro atoms. The van der Waals surface area contributed by atoms with Gasteiger partial charge in [-0.15, -0.1) is 0 Å². The molecule has 0 saturated carbocycles. The van der Waals surface area contributed by atoms with Gasteiger partial charge < -0.3 is 14.8 Å². The number of halogens is 4. The lowest BCUT2D eigenvalue weighted by atomic mass is 9.89. The number of rotatable bonds is 3. The lowest BCUT2D eigenvalue weighted by molar-refractivity contribution is -0.250. The predicted octanol–water partition coefficient (Wildman–Crippen LogP) is 5.59. The van der Waals surface area contributed by atoms with E-state index in [1.165, 1.54) is 12.3 Å². The molecule has 36 heavy (non-hydrogen) atoms. The lowest BCUT2D eigenvalue weighted by Gasteiger charge is -2.42. The van der Waals surface area contributed by atoms with Crippen molar-refractivity contribution in [2.24, 2.45) is 4.99 Å². The molecule has 0 radical (unpaired) electrons. The van der Waals surface area contributed by atoms with E-state index in [4.69, 9.17) is 9.47 Å². The fourth-order valence-electron chi connectivity index (χ4n) is 3.29. The van der Waals surface area contributed by atoms with Gasteiger partial charge in [0.15, 0.2) is 0 Å². The van der Waals surface area contributed by atoms with E-state index in [9.17, 15) is 22.8 Å². The number of pyridine rings is 1. The van der Waals surface area contributed by atoms with Gasteiger partial charge in [0.2, 0.25) is 5.60 Å². The van der Waals surface area contributed by atoms with Gasteiger partial charge in [0.25, 0.3) is 5.91 Å². The van der Waals surface area contributed by atoms with Gasteiger partial charge in [0.05, 0.1) is 6.61 Å². The van der Waals surface area contributed by atoms with E-state index in [0.29, 0.717) is 15.7 Å². The molecule has 2 amide bonds. The third kappa shape index (κ3) is 6.22. The molecule has 8 nitrogen and oxygen atoms in total. The minimum Gasteiger partial charge on any atom is -0.444 e. The zero-order valence-electron chi connectivity index (χ0n) is 20.3. The van der Waals surface area contributed by atoms with Crippen LogP contribution >= 0.6 is 15.9 Å². The number of aromatic nitrogens is 1.